The highest BCUT2D eigenvalue weighted by molar-refractivity contribution is 7.98. The summed E-state index contributed by atoms with van der Waals surface area (Å²) in [5, 5.41) is 0. The van der Waals surface area contributed by atoms with Crippen LogP contribution in [0.3, 0.4) is 0 Å². The maximum absolute atomic E-state index is 9.20. The van der Waals surface area contributed by atoms with Gasteiger partial charge >= 0.3 is 6.47 Å². The van der Waals surface area contributed by atoms with E-state index in [1.54, 1.807) is 0 Å². The molecule has 0 bridgehead atoms. The molecule has 35 valence electrons. The van der Waals surface area contributed by atoms with Gasteiger partial charge in [-0.2, -0.15) is 0 Å². The third-order valence-corrected chi connectivity index (χ3v) is 0.589. The van der Waals surface area contributed by atoms with E-state index < -0.39 is 0 Å². The van der Waals surface area contributed by atoms with Crippen LogP contribution < -0.4 is 0 Å². The van der Waals surface area contributed by atoms with Crippen molar-refractivity contribution in [1.82, 2.24) is 0 Å². The summed E-state index contributed by atoms with van der Waals surface area (Å²) < 4.78 is 4.14. The Bertz CT molecular complexity index is 37.8. The van der Waals surface area contributed by atoms with Crippen molar-refractivity contribution < 1.29 is 9.53 Å². The second-order valence-electron chi connectivity index (χ2n) is 0.634. The molecular weight excluding hydrogens is 100 g/mol. The highest BCUT2D eigenvalue weighted by Crippen LogP contribution is 1.87. The van der Waals surface area contributed by atoms with Gasteiger partial charge in [-0.1, -0.05) is 0 Å². The van der Waals surface area contributed by atoms with Crippen LogP contribution in [0.25, 0.3) is 0 Å². The fourth-order valence-electron chi connectivity index (χ4n) is 0.0830. The molecule has 2 nitrogen and oxygen atoms in total. The number of thioether (sulfide) groups is 1. The van der Waals surface area contributed by atoms with Gasteiger partial charge in [-0.15, -0.1) is 11.8 Å². The molecule has 0 atom stereocenters. The van der Waals surface area contributed by atoms with Gasteiger partial charge in [0.25, 0.3) is 0 Å². The average molecular weight is 105 g/mol. The van der Waals surface area contributed by atoms with Gasteiger partial charge < -0.3 is 4.74 Å². The van der Waals surface area contributed by atoms with Crippen LogP contribution in [0.4, 0.5) is 0 Å². The lowest BCUT2D eigenvalue weighted by atomic mass is 11.5. The van der Waals surface area contributed by atoms with Crippen LogP contribution in [0.15, 0.2) is 0 Å². The second kappa shape index (κ2) is 4.82. The van der Waals surface area contributed by atoms with Crippen LogP contribution in [0, 0.1) is 0 Å². The number of rotatable bonds is 3. The first kappa shape index (κ1) is 5.82. The van der Waals surface area contributed by atoms with E-state index in [0.29, 0.717) is 5.94 Å². The summed E-state index contributed by atoms with van der Waals surface area (Å²) in [5.41, 5.74) is 0. The van der Waals surface area contributed by atoms with Crippen molar-refractivity contribution >= 4 is 18.2 Å². The zero-order chi connectivity index (χ0) is 4.83. The monoisotopic (exact) mass is 105 g/mol. The van der Waals surface area contributed by atoms with Crippen molar-refractivity contribution in [1.29, 1.82) is 0 Å². The Kier molecular flexibility index (Phi) is 4.68. The van der Waals surface area contributed by atoms with Crippen molar-refractivity contribution in [3.05, 3.63) is 0 Å². The summed E-state index contributed by atoms with van der Waals surface area (Å²) in [4.78, 5) is 9.20. The van der Waals surface area contributed by atoms with Crippen molar-refractivity contribution in [2.45, 2.75) is 0 Å². The second-order valence-corrected chi connectivity index (χ2v) is 1.45. The van der Waals surface area contributed by atoms with E-state index in [-0.39, 0.29) is 0 Å². The normalized spacial score (nSPS) is 7.50. The third-order valence-electron chi connectivity index (χ3n) is 0.236. The first-order chi connectivity index (χ1) is 2.91. The summed E-state index contributed by atoms with van der Waals surface area (Å²) in [6.45, 7) is 1.30. The molecule has 0 spiro atoms. The number of ether oxygens (including phenoxy) is 1. The lowest BCUT2D eigenvalue weighted by Crippen LogP contribution is -1.81. The van der Waals surface area contributed by atoms with Crippen molar-refractivity contribution in [2.75, 3.05) is 12.2 Å². The molecule has 0 rings (SSSR count). The summed E-state index contributed by atoms with van der Waals surface area (Å²) in [6.07, 6.45) is 1.84. The molecule has 0 N–H and O–H groups in total. The van der Waals surface area contributed by atoms with Gasteiger partial charge in [0.15, 0.2) is 0 Å². The van der Waals surface area contributed by atoms with E-state index in [0.717, 1.165) is 0 Å². The Labute approximate surface area is 40.9 Å². The molecule has 0 fully saturated rings. The Hall–Kier alpha value is -0.180. The smallest absolute Gasteiger partial charge is 0.418 e. The molecule has 0 aromatic heterocycles. The first-order valence-corrected chi connectivity index (χ1v) is 2.79. The van der Waals surface area contributed by atoms with Gasteiger partial charge in [0.1, 0.15) is 5.94 Å². The largest absolute Gasteiger partial charge is 0.446 e. The summed E-state index contributed by atoms with van der Waals surface area (Å²) in [5.74, 6) is 0.406. The topological polar surface area (TPSA) is 26.3 Å². The molecular formula is C3H5O2S. The standard InChI is InChI=1S/C3H5O2S/c1-6-3-5-2-4/h3H2,1H3. The molecule has 1 radical (unpaired) electrons. The Morgan fingerprint density at radius 3 is 2.83 bits per heavy atom. The van der Waals surface area contributed by atoms with Crippen LogP contribution in [-0.4, -0.2) is 18.7 Å². The summed E-state index contributed by atoms with van der Waals surface area (Å²) in [7, 11) is 0. The van der Waals surface area contributed by atoms with Crippen LogP contribution in [-0.2, 0) is 9.53 Å². The van der Waals surface area contributed by atoms with Gasteiger partial charge in [0.05, 0.1) is 0 Å². The van der Waals surface area contributed by atoms with Crippen LogP contribution in [0.5, 0.6) is 0 Å². The zero-order valence-electron chi connectivity index (χ0n) is 3.43. The molecule has 0 aliphatic rings. The molecule has 0 unspecified atom stereocenters. The molecule has 0 aliphatic heterocycles. The maximum Gasteiger partial charge on any atom is 0.418 e. The van der Waals surface area contributed by atoms with Gasteiger partial charge in [-0.25, -0.2) is 4.79 Å². The lowest BCUT2D eigenvalue weighted by Gasteiger charge is -1.84. The SMILES string of the molecule is CSCO[C]=O. The van der Waals surface area contributed by atoms with Crippen molar-refractivity contribution in [3.8, 4) is 0 Å². The Balaban J connectivity index is 2.49. The minimum absolute atomic E-state index is 0.406. The molecule has 0 saturated carbocycles. The van der Waals surface area contributed by atoms with Gasteiger partial charge in [0.2, 0.25) is 0 Å². The predicted molar refractivity (Wildman–Crippen MR) is 25.2 cm³/mol. The molecule has 0 amide bonds. The van der Waals surface area contributed by atoms with E-state index in [1.807, 2.05) is 6.26 Å². The molecule has 6 heavy (non-hydrogen) atoms. The minimum Gasteiger partial charge on any atom is -0.446 e. The highest BCUT2D eigenvalue weighted by atomic mass is 32.2. The van der Waals surface area contributed by atoms with E-state index in [2.05, 4.69) is 4.74 Å². The molecule has 0 aromatic rings. The summed E-state index contributed by atoms with van der Waals surface area (Å²) >= 11 is 1.44. The Morgan fingerprint density at radius 1 is 2.00 bits per heavy atom. The molecule has 3 heteroatoms. The summed E-state index contributed by atoms with van der Waals surface area (Å²) in [6, 6.07) is 0. The number of hydrogen-bond acceptors (Lipinski definition) is 3. The minimum atomic E-state index is 0.406. The zero-order valence-corrected chi connectivity index (χ0v) is 4.25. The van der Waals surface area contributed by atoms with Crippen LogP contribution in [0.2, 0.25) is 0 Å². The molecule has 0 aliphatic carbocycles. The fraction of sp³-hybridized carbons (Fsp3) is 0.667. The molecule has 0 heterocycles. The van der Waals surface area contributed by atoms with E-state index in [9.17, 15) is 4.79 Å². The first-order valence-electron chi connectivity index (χ1n) is 1.39. The van der Waals surface area contributed by atoms with Crippen LogP contribution in [0.1, 0.15) is 0 Å². The fourth-order valence-corrected chi connectivity index (χ4v) is 0.249. The van der Waals surface area contributed by atoms with Crippen LogP contribution >= 0.6 is 11.8 Å². The van der Waals surface area contributed by atoms with Gasteiger partial charge in [-0.05, 0) is 6.26 Å². The molecule has 0 aromatic carbocycles. The predicted octanol–water partition coefficient (Wildman–Crippen LogP) is 0.391. The quantitative estimate of drug-likeness (QED) is 0.383. The van der Waals surface area contributed by atoms with Crippen molar-refractivity contribution in [2.24, 2.45) is 0 Å². The average Bonchev–Trinajstić information content (AvgIpc) is 1.61. The maximum atomic E-state index is 9.20. The van der Waals surface area contributed by atoms with Gasteiger partial charge in [-0.3, -0.25) is 0 Å². The highest BCUT2D eigenvalue weighted by Gasteiger charge is 1.73. The number of carbonyl (C=O) groups excluding carboxylic acids is 1. The third kappa shape index (κ3) is 3.82. The van der Waals surface area contributed by atoms with E-state index in [4.69, 9.17) is 0 Å². The van der Waals surface area contributed by atoms with E-state index >= 15 is 0 Å². The number of hydrogen-bond donors (Lipinski definition) is 0. The van der Waals surface area contributed by atoms with E-state index in [1.165, 1.54) is 18.2 Å². The molecule has 0 saturated heterocycles. The van der Waals surface area contributed by atoms with Gasteiger partial charge in [0, 0.05) is 0 Å². The van der Waals surface area contributed by atoms with Crippen molar-refractivity contribution in [3.63, 3.8) is 0 Å². The Morgan fingerprint density at radius 2 is 2.67 bits per heavy atom. The lowest BCUT2D eigenvalue weighted by molar-refractivity contribution is 0.337.